The molecule has 2 atom stereocenters. The zero-order chi connectivity index (χ0) is 9.64. The fourth-order valence-corrected chi connectivity index (χ4v) is 3.81. The van der Waals surface area contributed by atoms with Crippen LogP contribution in [-0.4, -0.2) is 61.2 Å². The number of nitrogens with zero attached hydrogens (tertiary/aromatic N) is 1. The highest BCUT2D eigenvalue weighted by atomic mass is 32.2. The number of sulfone groups is 1. The summed E-state index contributed by atoms with van der Waals surface area (Å²) in [5, 5.41) is 9.48. The molecule has 6 heteroatoms. The minimum atomic E-state index is -3.02. The quantitative estimate of drug-likeness (QED) is 0.508. The van der Waals surface area contributed by atoms with Gasteiger partial charge in [-0.15, -0.1) is 0 Å². The minimum Gasteiger partial charge on any atom is -0.390 e. The van der Waals surface area contributed by atoms with Crippen molar-refractivity contribution in [2.75, 3.05) is 24.6 Å². The highest BCUT2D eigenvalue weighted by molar-refractivity contribution is 7.91. The first kappa shape index (κ1) is 9.39. The maximum absolute atomic E-state index is 11.2. The van der Waals surface area contributed by atoms with Gasteiger partial charge in [0.2, 0.25) is 0 Å². The molecule has 2 heterocycles. The lowest BCUT2D eigenvalue weighted by atomic mass is 10.0. The van der Waals surface area contributed by atoms with Crippen LogP contribution in [0.15, 0.2) is 0 Å². The van der Waals surface area contributed by atoms with Gasteiger partial charge >= 0.3 is 0 Å². The van der Waals surface area contributed by atoms with Crippen LogP contribution >= 0.6 is 0 Å². The van der Waals surface area contributed by atoms with E-state index in [1.54, 1.807) is 0 Å². The molecule has 13 heavy (non-hydrogen) atoms. The average molecular weight is 206 g/mol. The van der Waals surface area contributed by atoms with E-state index in [-0.39, 0.29) is 23.6 Å². The molecule has 2 unspecified atom stereocenters. The second-order valence-corrected chi connectivity index (χ2v) is 6.08. The Kier molecular flexibility index (Phi) is 2.10. The Morgan fingerprint density at radius 1 is 1.31 bits per heavy atom. The van der Waals surface area contributed by atoms with Crippen molar-refractivity contribution in [1.29, 1.82) is 0 Å². The van der Waals surface area contributed by atoms with Crippen LogP contribution in [-0.2, 0) is 9.84 Å². The summed E-state index contributed by atoms with van der Waals surface area (Å²) in [7, 11) is -3.02. The van der Waals surface area contributed by atoms with Crippen LogP contribution in [0.25, 0.3) is 0 Å². The summed E-state index contributed by atoms with van der Waals surface area (Å²) in [6.45, 7) is 1.41. The summed E-state index contributed by atoms with van der Waals surface area (Å²) in [5.74, 6) is -0.00963. The normalized spacial score (nSPS) is 40.5. The molecule has 0 amide bonds. The van der Waals surface area contributed by atoms with E-state index in [0.717, 1.165) is 0 Å². The predicted molar refractivity (Wildman–Crippen MR) is 48.0 cm³/mol. The SMILES string of the molecule is NC1CN(C2CS(=O)(=O)CC2O)C1. The Morgan fingerprint density at radius 2 is 1.92 bits per heavy atom. The lowest BCUT2D eigenvalue weighted by Crippen LogP contribution is -2.61. The summed E-state index contributed by atoms with van der Waals surface area (Å²) in [6, 6.07) is -0.0692. The summed E-state index contributed by atoms with van der Waals surface area (Å²) < 4.78 is 22.3. The van der Waals surface area contributed by atoms with E-state index in [2.05, 4.69) is 0 Å². The summed E-state index contributed by atoms with van der Waals surface area (Å²) in [4.78, 5) is 1.94. The fraction of sp³-hybridized carbons (Fsp3) is 1.00. The second-order valence-electron chi connectivity index (χ2n) is 3.93. The third kappa shape index (κ3) is 1.71. The molecule has 0 aliphatic carbocycles. The van der Waals surface area contributed by atoms with Gasteiger partial charge in [0.1, 0.15) is 0 Å². The number of aliphatic hydroxyl groups is 1. The molecule has 0 aromatic rings. The van der Waals surface area contributed by atoms with Crippen LogP contribution < -0.4 is 5.73 Å². The van der Waals surface area contributed by atoms with Gasteiger partial charge in [0, 0.05) is 19.1 Å². The number of likely N-dealkylation sites (tertiary alicyclic amines) is 1. The second kappa shape index (κ2) is 2.91. The van der Waals surface area contributed by atoms with Crippen molar-refractivity contribution >= 4 is 9.84 Å². The van der Waals surface area contributed by atoms with Crippen molar-refractivity contribution in [3.63, 3.8) is 0 Å². The lowest BCUT2D eigenvalue weighted by Gasteiger charge is -2.41. The van der Waals surface area contributed by atoms with Gasteiger partial charge in [-0.05, 0) is 0 Å². The highest BCUT2D eigenvalue weighted by Crippen LogP contribution is 2.22. The van der Waals surface area contributed by atoms with Crippen LogP contribution in [0.5, 0.6) is 0 Å². The molecule has 2 aliphatic rings. The minimum absolute atomic E-state index is 0.0842. The zero-order valence-corrected chi connectivity index (χ0v) is 8.07. The summed E-state index contributed by atoms with van der Waals surface area (Å²) in [6.07, 6.45) is -0.725. The van der Waals surface area contributed by atoms with Crippen molar-refractivity contribution in [2.45, 2.75) is 18.2 Å². The molecule has 0 bridgehead atoms. The Morgan fingerprint density at radius 3 is 2.31 bits per heavy atom. The number of aliphatic hydroxyl groups excluding tert-OH is 1. The summed E-state index contributed by atoms with van der Waals surface area (Å²) >= 11 is 0. The number of hydrogen-bond acceptors (Lipinski definition) is 5. The standard InChI is InChI=1S/C7H14N2O3S/c8-5-1-9(2-5)6-3-13(11,12)4-7(6)10/h5-7,10H,1-4,8H2. The van der Waals surface area contributed by atoms with Gasteiger partial charge in [-0.1, -0.05) is 0 Å². The van der Waals surface area contributed by atoms with E-state index in [1.807, 2.05) is 4.90 Å². The van der Waals surface area contributed by atoms with Gasteiger partial charge in [0.05, 0.1) is 23.7 Å². The molecule has 0 aromatic heterocycles. The maximum atomic E-state index is 11.2. The molecular formula is C7H14N2O3S. The lowest BCUT2D eigenvalue weighted by molar-refractivity contribution is 0.0329. The van der Waals surface area contributed by atoms with Gasteiger partial charge in [-0.25, -0.2) is 8.42 Å². The first-order valence-corrected chi connectivity index (χ1v) is 6.18. The van der Waals surface area contributed by atoms with Gasteiger partial charge < -0.3 is 10.8 Å². The van der Waals surface area contributed by atoms with E-state index >= 15 is 0 Å². The zero-order valence-electron chi connectivity index (χ0n) is 7.26. The largest absolute Gasteiger partial charge is 0.390 e. The average Bonchev–Trinajstić information content (AvgIpc) is 2.18. The van der Waals surface area contributed by atoms with Gasteiger partial charge in [-0.3, -0.25) is 4.90 Å². The molecule has 3 N–H and O–H groups in total. The Balaban J connectivity index is 2.02. The molecule has 2 saturated heterocycles. The molecule has 2 rings (SSSR count). The molecule has 2 aliphatic heterocycles. The van der Waals surface area contributed by atoms with Gasteiger partial charge in [-0.2, -0.15) is 0 Å². The monoisotopic (exact) mass is 206 g/mol. The molecule has 0 radical (unpaired) electrons. The highest BCUT2D eigenvalue weighted by Gasteiger charge is 2.43. The Bertz CT molecular complexity index is 297. The van der Waals surface area contributed by atoms with E-state index in [0.29, 0.717) is 13.1 Å². The Labute approximate surface area is 77.4 Å². The molecule has 5 nitrogen and oxygen atoms in total. The smallest absolute Gasteiger partial charge is 0.154 e. The first-order chi connectivity index (χ1) is 5.98. The van der Waals surface area contributed by atoms with Crippen LogP contribution in [0.3, 0.4) is 0 Å². The van der Waals surface area contributed by atoms with Gasteiger partial charge in [0.15, 0.2) is 9.84 Å². The van der Waals surface area contributed by atoms with Crippen molar-refractivity contribution in [1.82, 2.24) is 4.90 Å². The van der Waals surface area contributed by atoms with E-state index in [4.69, 9.17) is 5.73 Å². The molecule has 2 fully saturated rings. The molecule has 0 aromatic carbocycles. The number of nitrogens with two attached hydrogens (primary N) is 1. The van der Waals surface area contributed by atoms with Crippen molar-refractivity contribution in [3.05, 3.63) is 0 Å². The topological polar surface area (TPSA) is 83.6 Å². The van der Waals surface area contributed by atoms with Crippen LogP contribution in [0.4, 0.5) is 0 Å². The summed E-state index contributed by atoms with van der Waals surface area (Å²) in [5.41, 5.74) is 5.58. The first-order valence-electron chi connectivity index (χ1n) is 4.36. The van der Waals surface area contributed by atoms with E-state index < -0.39 is 15.9 Å². The van der Waals surface area contributed by atoms with Crippen LogP contribution in [0.2, 0.25) is 0 Å². The fourth-order valence-electron chi connectivity index (χ4n) is 1.98. The van der Waals surface area contributed by atoms with Crippen LogP contribution in [0, 0.1) is 0 Å². The maximum Gasteiger partial charge on any atom is 0.154 e. The van der Waals surface area contributed by atoms with Crippen molar-refractivity contribution in [3.8, 4) is 0 Å². The number of rotatable bonds is 1. The van der Waals surface area contributed by atoms with Crippen molar-refractivity contribution in [2.24, 2.45) is 5.73 Å². The van der Waals surface area contributed by atoms with Crippen LogP contribution in [0.1, 0.15) is 0 Å². The molecule has 0 spiro atoms. The third-order valence-corrected chi connectivity index (χ3v) is 4.40. The number of hydrogen-bond donors (Lipinski definition) is 2. The third-order valence-electron chi connectivity index (χ3n) is 2.70. The molecule has 76 valence electrons. The molecular weight excluding hydrogens is 192 g/mol. The molecule has 0 saturated carbocycles. The van der Waals surface area contributed by atoms with Gasteiger partial charge in [0.25, 0.3) is 0 Å². The van der Waals surface area contributed by atoms with E-state index in [9.17, 15) is 13.5 Å². The predicted octanol–water partition coefficient (Wildman–Crippen LogP) is -2.21. The Hall–Kier alpha value is -0.170. The van der Waals surface area contributed by atoms with Crippen molar-refractivity contribution < 1.29 is 13.5 Å². The van der Waals surface area contributed by atoms with E-state index in [1.165, 1.54) is 0 Å².